The molecular weight excluding hydrogens is 855 g/mol. The Morgan fingerprint density at radius 1 is 0.708 bits per heavy atom. The van der Waals surface area contributed by atoms with Gasteiger partial charge in [-0.1, -0.05) is 24.3 Å². The molecule has 65 heavy (non-hydrogen) atoms. The van der Waals surface area contributed by atoms with Gasteiger partial charge in [-0.25, -0.2) is 0 Å². The van der Waals surface area contributed by atoms with Crippen molar-refractivity contribution in [3.8, 4) is 11.5 Å². The van der Waals surface area contributed by atoms with Crippen LogP contribution in [0.3, 0.4) is 0 Å². The molecule has 2 aromatic heterocycles. The minimum absolute atomic E-state index is 0.0106. The molecule has 2 unspecified atom stereocenters. The number of nitrogens with one attached hydrogen (secondary N) is 1. The number of carbonyl (C=O) groups is 2. The molecule has 2 fully saturated rings. The number of aryl methyl sites for hydroxylation is 2. The predicted octanol–water partition coefficient (Wildman–Crippen LogP) is 8.32. The smallest absolute Gasteiger partial charge is 0.395 e. The number of phenolic OH excluding ortho intramolecular Hbond substituents is 2. The third kappa shape index (κ3) is 14.1. The number of benzene rings is 2. The van der Waals surface area contributed by atoms with Crippen LogP contribution >= 0.6 is 0 Å². The van der Waals surface area contributed by atoms with E-state index in [4.69, 9.17) is 10.8 Å². The van der Waals surface area contributed by atoms with Crippen molar-refractivity contribution in [2.75, 3.05) is 41.3 Å². The van der Waals surface area contributed by atoms with Gasteiger partial charge in [0.05, 0.1) is 17.3 Å². The zero-order valence-corrected chi connectivity index (χ0v) is 37.8. The van der Waals surface area contributed by atoms with Crippen LogP contribution in [0.15, 0.2) is 85.5 Å². The van der Waals surface area contributed by atoms with E-state index < -0.39 is 53.3 Å². The van der Waals surface area contributed by atoms with Crippen molar-refractivity contribution in [3.05, 3.63) is 119 Å². The second kappa shape index (κ2) is 22.3. The van der Waals surface area contributed by atoms with E-state index in [-0.39, 0.29) is 43.9 Å². The number of phenols is 2. The number of carboxylic acids is 1. The first kappa shape index (κ1) is 52.4. The van der Waals surface area contributed by atoms with Crippen molar-refractivity contribution in [1.82, 2.24) is 25.1 Å². The second-order valence-corrected chi connectivity index (χ2v) is 17.7. The molecule has 4 atom stereocenters. The molecule has 2 heterocycles. The number of aliphatic carboxylic acids is 1. The summed E-state index contributed by atoms with van der Waals surface area (Å²) in [7, 11) is 7.86. The first-order valence-electron chi connectivity index (χ1n) is 21.5. The summed E-state index contributed by atoms with van der Waals surface area (Å²) in [5.41, 5.74) is 7.12. The second-order valence-electron chi connectivity index (χ2n) is 17.7. The molecule has 6 rings (SSSR count). The van der Waals surface area contributed by atoms with Gasteiger partial charge in [0.25, 0.3) is 0 Å². The fourth-order valence-electron chi connectivity index (χ4n) is 8.26. The molecule has 0 spiro atoms. The number of amides is 1. The highest BCUT2D eigenvalue weighted by Gasteiger charge is 2.68. The lowest BCUT2D eigenvalue weighted by Gasteiger charge is -2.30. The van der Waals surface area contributed by atoms with Gasteiger partial charge in [0, 0.05) is 68.2 Å². The van der Waals surface area contributed by atoms with Crippen molar-refractivity contribution in [1.29, 1.82) is 0 Å². The highest BCUT2D eigenvalue weighted by molar-refractivity contribution is 5.77. The summed E-state index contributed by atoms with van der Waals surface area (Å²) in [5, 5.41) is 30.6. The molecule has 2 aliphatic rings. The number of carbonyl (C=O) groups excluding carboxylic acids is 1. The lowest BCUT2D eigenvalue weighted by molar-refractivity contribution is -0.196. The molecule has 4 aromatic rings. The molecule has 6 N–H and O–H groups in total. The summed E-state index contributed by atoms with van der Waals surface area (Å²) in [5.74, 6) is -3.11. The number of aromatic hydroxyl groups is 2. The Balaban J connectivity index is 0.000000236. The van der Waals surface area contributed by atoms with Gasteiger partial charge < -0.3 is 36.2 Å². The lowest BCUT2D eigenvalue weighted by atomic mass is 9.80. The molecule has 356 valence electrons. The SMILES string of the molecule is Cc1cc(O)ccc1C[C@@H](CN)N(C)C.Cc1cc(O)ccc1C[C@@H](CNC(=O)CC(c1cccnc1)C1(C(F)(F)F)CC1)N(C)C.O=C(O)CC(c1cccnc1)C1(C(F)(F)F)CC1. The third-order valence-corrected chi connectivity index (χ3v) is 12.8. The molecule has 2 saturated carbocycles. The number of pyridine rings is 2. The molecule has 0 saturated heterocycles. The molecule has 11 nitrogen and oxygen atoms in total. The summed E-state index contributed by atoms with van der Waals surface area (Å²) in [4.78, 5) is 35.4. The van der Waals surface area contributed by atoms with Gasteiger partial charge in [0.15, 0.2) is 0 Å². The van der Waals surface area contributed by atoms with Crippen LogP contribution in [0.2, 0.25) is 0 Å². The molecule has 17 heteroatoms. The van der Waals surface area contributed by atoms with Crippen molar-refractivity contribution in [2.24, 2.45) is 16.6 Å². The number of carboxylic acid groups (broad SMARTS) is 1. The maximum absolute atomic E-state index is 13.8. The molecular formula is C48H62F6N6O5. The summed E-state index contributed by atoms with van der Waals surface area (Å²) < 4.78 is 80.7. The minimum atomic E-state index is -4.37. The fraction of sp³-hybridized carbons (Fsp3) is 0.500. The van der Waals surface area contributed by atoms with Crippen molar-refractivity contribution in [2.45, 2.75) is 101 Å². The van der Waals surface area contributed by atoms with Crippen LogP contribution < -0.4 is 11.1 Å². The number of rotatable bonds is 17. The van der Waals surface area contributed by atoms with Gasteiger partial charge >= 0.3 is 18.3 Å². The van der Waals surface area contributed by atoms with Crippen molar-refractivity contribution >= 4 is 11.9 Å². The number of aromatic nitrogens is 2. The first-order chi connectivity index (χ1) is 30.4. The Kier molecular flexibility index (Phi) is 18.0. The highest BCUT2D eigenvalue weighted by atomic mass is 19.4. The van der Waals surface area contributed by atoms with E-state index in [0.717, 1.165) is 23.1 Å². The summed E-state index contributed by atoms with van der Waals surface area (Å²) >= 11 is 0. The van der Waals surface area contributed by atoms with Gasteiger partial charge in [-0.2, -0.15) is 26.3 Å². The average Bonchev–Trinajstić information content (AvgIpc) is 4.17. The zero-order valence-electron chi connectivity index (χ0n) is 37.8. The molecule has 0 aliphatic heterocycles. The molecule has 1 amide bonds. The maximum atomic E-state index is 13.8. The van der Waals surface area contributed by atoms with Crippen molar-refractivity contribution < 1.29 is 51.3 Å². The molecule has 0 bridgehead atoms. The average molecular weight is 917 g/mol. The van der Waals surface area contributed by atoms with E-state index >= 15 is 0 Å². The molecule has 2 aromatic carbocycles. The van der Waals surface area contributed by atoms with E-state index in [9.17, 15) is 46.1 Å². The van der Waals surface area contributed by atoms with Crippen LogP contribution in [0, 0.1) is 24.7 Å². The Morgan fingerprint density at radius 3 is 1.45 bits per heavy atom. The summed E-state index contributed by atoms with van der Waals surface area (Å²) in [6.45, 7) is 4.88. The minimum Gasteiger partial charge on any atom is -0.508 e. The quantitative estimate of drug-likeness (QED) is 0.0651. The van der Waals surface area contributed by atoms with Crippen LogP contribution in [0.1, 0.15) is 83.7 Å². The van der Waals surface area contributed by atoms with E-state index in [0.29, 0.717) is 42.4 Å². The Labute approximate surface area is 377 Å². The zero-order chi connectivity index (χ0) is 48.3. The summed E-state index contributed by atoms with van der Waals surface area (Å²) in [6, 6.07) is 17.2. The summed E-state index contributed by atoms with van der Waals surface area (Å²) in [6.07, 6.45) is -2.17. The third-order valence-electron chi connectivity index (χ3n) is 12.8. The van der Waals surface area contributed by atoms with Crippen LogP contribution in [-0.4, -0.2) is 113 Å². The Bertz CT molecular complexity index is 2150. The normalized spacial score (nSPS) is 16.8. The van der Waals surface area contributed by atoms with Gasteiger partial charge in [-0.3, -0.25) is 19.6 Å². The number of hydrogen-bond acceptors (Lipinski definition) is 9. The Hall–Kier alpha value is -5.26. The van der Waals surface area contributed by atoms with Gasteiger partial charge in [-0.15, -0.1) is 0 Å². The number of halogens is 6. The number of likely N-dealkylation sites (N-methyl/N-ethyl adjacent to an activating group) is 2. The standard InChI is InChI=1S/C24H30F3N3O2.C12H12F3NO2.C12H20N2O/c1-16-11-20(31)7-6-17(16)12-19(30(2)3)15-29-22(32)13-21(18-5-4-10-28-14-18)23(8-9-23)24(25,26)27;13-12(14,15)11(3-4-11)9(6-10(17)18)8-2-1-5-16-7-8;1-9-6-12(15)5-4-10(9)7-11(8-13)14(2)3/h4-7,10-11,14,19,21,31H,8-9,12-13,15H2,1-3H3,(H,29,32);1-2,5,7,9H,3-4,6H2,(H,17,18);4-6,11,15H,7-8,13H2,1-3H3/t19-,21?;;11-/m0.0/s1. The fourth-order valence-corrected chi connectivity index (χ4v) is 8.26. The van der Waals surface area contributed by atoms with Gasteiger partial charge in [-0.05, 0) is 150 Å². The number of nitrogens with zero attached hydrogens (tertiary/aromatic N) is 4. The van der Waals surface area contributed by atoms with E-state index in [1.807, 2.05) is 59.1 Å². The van der Waals surface area contributed by atoms with Crippen LogP contribution in [-0.2, 0) is 22.4 Å². The largest absolute Gasteiger partial charge is 0.508 e. The monoisotopic (exact) mass is 916 g/mol. The van der Waals surface area contributed by atoms with Crippen LogP contribution in [0.5, 0.6) is 11.5 Å². The van der Waals surface area contributed by atoms with E-state index in [1.54, 1.807) is 36.4 Å². The molecule has 2 aliphatic carbocycles. The van der Waals surface area contributed by atoms with Gasteiger partial charge in [0.1, 0.15) is 11.5 Å². The molecule has 0 radical (unpaired) electrons. The van der Waals surface area contributed by atoms with E-state index in [2.05, 4.69) is 20.2 Å². The van der Waals surface area contributed by atoms with Crippen molar-refractivity contribution in [3.63, 3.8) is 0 Å². The van der Waals surface area contributed by atoms with Crippen LogP contribution in [0.4, 0.5) is 26.3 Å². The number of nitrogens with two attached hydrogens (primary N) is 1. The number of alkyl halides is 6. The number of hydrogen-bond donors (Lipinski definition) is 5. The van der Waals surface area contributed by atoms with Gasteiger partial charge in [0.2, 0.25) is 5.91 Å². The first-order valence-corrected chi connectivity index (χ1v) is 21.5. The maximum Gasteiger partial charge on any atom is 0.395 e. The van der Waals surface area contributed by atoms with E-state index in [1.165, 1.54) is 42.5 Å². The predicted molar refractivity (Wildman–Crippen MR) is 236 cm³/mol. The Morgan fingerprint density at radius 2 is 1.12 bits per heavy atom. The topological polar surface area (TPSA) is 165 Å². The lowest BCUT2D eigenvalue weighted by Crippen LogP contribution is -2.43. The van der Waals surface area contributed by atoms with Crippen LogP contribution in [0.25, 0.3) is 0 Å². The highest BCUT2D eigenvalue weighted by Crippen LogP contribution is 2.67.